The number of aliphatic hydroxyl groups excluding tert-OH is 1. The molecule has 0 bridgehead atoms. The van der Waals surface area contributed by atoms with E-state index in [1.165, 1.54) is 0 Å². The predicted octanol–water partition coefficient (Wildman–Crippen LogP) is 1.03. The third kappa shape index (κ3) is 5.52. The zero-order valence-corrected chi connectivity index (χ0v) is 5.44. The molecule has 0 saturated carbocycles. The Balaban J connectivity index is 3.20. The van der Waals surface area contributed by atoms with Gasteiger partial charge in [-0.25, -0.2) is 0 Å². The highest BCUT2D eigenvalue weighted by molar-refractivity contribution is 5.00. The van der Waals surface area contributed by atoms with Crippen LogP contribution in [0, 0.1) is 17.8 Å². The quantitative estimate of drug-likeness (QED) is 0.502. The summed E-state index contributed by atoms with van der Waals surface area (Å²) >= 11 is 0. The summed E-state index contributed by atoms with van der Waals surface area (Å²) in [7, 11) is 0. The minimum Gasteiger partial charge on any atom is -0.395 e. The van der Waals surface area contributed by atoms with Gasteiger partial charge < -0.3 is 5.11 Å². The maximum absolute atomic E-state index is 8.28. The molecule has 0 heterocycles. The highest BCUT2D eigenvalue weighted by Gasteiger charge is 1.78. The molecule has 0 aromatic rings. The number of aliphatic hydroxyl groups is 1. The molecule has 0 aliphatic rings. The van der Waals surface area contributed by atoms with Gasteiger partial charge in [0.05, 0.1) is 6.61 Å². The first-order valence-electron chi connectivity index (χ1n) is 2.86. The molecule has 0 unspecified atom stereocenters. The van der Waals surface area contributed by atoms with Gasteiger partial charge in [0.25, 0.3) is 0 Å². The third-order valence-corrected chi connectivity index (χ3v) is 0.628. The van der Waals surface area contributed by atoms with Crippen LogP contribution < -0.4 is 0 Å². The van der Waals surface area contributed by atoms with Crippen LogP contribution >= 0.6 is 0 Å². The Labute approximate surface area is 50.7 Å². The van der Waals surface area contributed by atoms with Gasteiger partial charge in [-0.2, -0.15) is 0 Å². The molecule has 1 heteroatoms. The summed E-state index contributed by atoms with van der Waals surface area (Å²) in [6, 6.07) is 0. The summed E-state index contributed by atoms with van der Waals surface area (Å²) in [6.07, 6.45) is 0.609. The molecule has 1 N–H and O–H groups in total. The minimum atomic E-state index is 0.180. The molecule has 0 aromatic heterocycles. The van der Waals surface area contributed by atoms with E-state index in [4.69, 9.17) is 5.11 Å². The maximum atomic E-state index is 8.28. The molecular formula is C7H12O. The van der Waals surface area contributed by atoms with E-state index in [9.17, 15) is 0 Å². The van der Waals surface area contributed by atoms with E-state index in [1.54, 1.807) is 0 Å². The third-order valence-electron chi connectivity index (χ3n) is 0.628. The molecular weight excluding hydrogens is 100 g/mol. The molecule has 46 valence electrons. The summed E-state index contributed by atoms with van der Waals surface area (Å²) in [5.74, 6) is 6.20. The Kier molecular flexibility index (Phi) is 4.39. The smallest absolute Gasteiger partial charge is 0.0540 e. The molecule has 0 aliphatic carbocycles. The molecule has 8 heavy (non-hydrogen) atoms. The lowest BCUT2D eigenvalue weighted by atomic mass is 10.2. The predicted molar refractivity (Wildman–Crippen MR) is 34.3 cm³/mol. The van der Waals surface area contributed by atoms with Gasteiger partial charge in [-0.05, 0) is 0 Å². The van der Waals surface area contributed by atoms with E-state index in [0.29, 0.717) is 12.3 Å². The molecule has 0 spiro atoms. The summed E-state index contributed by atoms with van der Waals surface area (Å²) in [4.78, 5) is 0. The SMILES string of the molecule is CC(C)C#CCCO. The lowest BCUT2D eigenvalue weighted by molar-refractivity contribution is 0.305. The monoisotopic (exact) mass is 112 g/mol. The van der Waals surface area contributed by atoms with E-state index in [0.717, 1.165) is 0 Å². The Hall–Kier alpha value is -0.480. The Morgan fingerprint density at radius 1 is 1.50 bits per heavy atom. The number of rotatable bonds is 1. The first-order valence-corrected chi connectivity index (χ1v) is 2.86. The highest BCUT2D eigenvalue weighted by Crippen LogP contribution is 1.85. The van der Waals surface area contributed by atoms with Crippen molar-refractivity contribution in [2.24, 2.45) is 5.92 Å². The lowest BCUT2D eigenvalue weighted by Crippen LogP contribution is -1.80. The summed E-state index contributed by atoms with van der Waals surface area (Å²) in [5.41, 5.74) is 0. The average molecular weight is 112 g/mol. The van der Waals surface area contributed by atoms with Crippen LogP contribution in [0.1, 0.15) is 20.3 Å². The molecule has 1 nitrogen and oxygen atoms in total. The van der Waals surface area contributed by atoms with Crippen molar-refractivity contribution < 1.29 is 5.11 Å². The Morgan fingerprint density at radius 3 is 2.50 bits per heavy atom. The van der Waals surface area contributed by atoms with Crippen molar-refractivity contribution >= 4 is 0 Å². The van der Waals surface area contributed by atoms with Crippen molar-refractivity contribution in [3.63, 3.8) is 0 Å². The van der Waals surface area contributed by atoms with Crippen LogP contribution in [0.15, 0.2) is 0 Å². The van der Waals surface area contributed by atoms with Gasteiger partial charge in [-0.3, -0.25) is 0 Å². The van der Waals surface area contributed by atoms with Crippen molar-refractivity contribution in [1.82, 2.24) is 0 Å². The van der Waals surface area contributed by atoms with Gasteiger partial charge in [0, 0.05) is 12.3 Å². The van der Waals surface area contributed by atoms with Gasteiger partial charge in [-0.1, -0.05) is 13.8 Å². The van der Waals surface area contributed by atoms with Crippen LogP contribution in [0.3, 0.4) is 0 Å². The van der Waals surface area contributed by atoms with Crippen molar-refractivity contribution in [2.45, 2.75) is 20.3 Å². The van der Waals surface area contributed by atoms with E-state index >= 15 is 0 Å². The van der Waals surface area contributed by atoms with E-state index < -0.39 is 0 Å². The van der Waals surface area contributed by atoms with Crippen LogP contribution in [0.25, 0.3) is 0 Å². The lowest BCUT2D eigenvalue weighted by Gasteiger charge is -1.85. The zero-order valence-electron chi connectivity index (χ0n) is 5.44. The second-order valence-electron chi connectivity index (χ2n) is 1.95. The topological polar surface area (TPSA) is 20.2 Å². The second kappa shape index (κ2) is 4.67. The van der Waals surface area contributed by atoms with Gasteiger partial charge in [0.2, 0.25) is 0 Å². The molecule has 0 saturated heterocycles. The van der Waals surface area contributed by atoms with Gasteiger partial charge in [-0.15, -0.1) is 11.8 Å². The minimum absolute atomic E-state index is 0.180. The molecule has 0 rings (SSSR count). The van der Waals surface area contributed by atoms with Crippen LogP contribution in [0.4, 0.5) is 0 Å². The highest BCUT2D eigenvalue weighted by atomic mass is 16.2. The second-order valence-corrected chi connectivity index (χ2v) is 1.95. The van der Waals surface area contributed by atoms with E-state index in [-0.39, 0.29) is 6.61 Å². The van der Waals surface area contributed by atoms with Gasteiger partial charge >= 0.3 is 0 Å². The van der Waals surface area contributed by atoms with E-state index in [2.05, 4.69) is 11.8 Å². The van der Waals surface area contributed by atoms with Gasteiger partial charge in [0.15, 0.2) is 0 Å². The summed E-state index contributed by atoms with van der Waals surface area (Å²) in [6.45, 7) is 4.24. The summed E-state index contributed by atoms with van der Waals surface area (Å²) in [5, 5.41) is 8.28. The molecule has 0 atom stereocenters. The Morgan fingerprint density at radius 2 is 2.12 bits per heavy atom. The number of hydrogen-bond acceptors (Lipinski definition) is 1. The van der Waals surface area contributed by atoms with Gasteiger partial charge in [0.1, 0.15) is 0 Å². The zero-order chi connectivity index (χ0) is 6.41. The molecule has 0 aromatic carbocycles. The molecule has 0 radical (unpaired) electrons. The molecule has 0 amide bonds. The standard InChI is InChI=1S/C7H12O/c1-7(2)5-3-4-6-8/h7-8H,4,6H2,1-2H3. The van der Waals surface area contributed by atoms with Crippen molar-refractivity contribution in [1.29, 1.82) is 0 Å². The maximum Gasteiger partial charge on any atom is 0.0540 e. The normalized spacial score (nSPS) is 8.50. The van der Waals surface area contributed by atoms with Crippen LogP contribution in [-0.2, 0) is 0 Å². The van der Waals surface area contributed by atoms with Crippen molar-refractivity contribution in [2.75, 3.05) is 6.61 Å². The first-order chi connectivity index (χ1) is 3.77. The first kappa shape index (κ1) is 7.52. The van der Waals surface area contributed by atoms with Crippen LogP contribution in [-0.4, -0.2) is 11.7 Å². The fourth-order valence-electron chi connectivity index (χ4n) is 0.332. The Bertz CT molecular complexity index is 94.7. The van der Waals surface area contributed by atoms with Crippen LogP contribution in [0.5, 0.6) is 0 Å². The van der Waals surface area contributed by atoms with Crippen molar-refractivity contribution in [3.8, 4) is 11.8 Å². The number of hydrogen-bond donors (Lipinski definition) is 1. The molecule has 0 aliphatic heterocycles. The fourth-order valence-corrected chi connectivity index (χ4v) is 0.332. The average Bonchev–Trinajstić information content (AvgIpc) is 1.66. The fraction of sp³-hybridized carbons (Fsp3) is 0.714. The summed E-state index contributed by atoms with van der Waals surface area (Å²) < 4.78 is 0. The largest absolute Gasteiger partial charge is 0.395 e. The van der Waals surface area contributed by atoms with Crippen molar-refractivity contribution in [3.05, 3.63) is 0 Å². The van der Waals surface area contributed by atoms with E-state index in [1.807, 2.05) is 13.8 Å². The van der Waals surface area contributed by atoms with Crippen LogP contribution in [0.2, 0.25) is 0 Å². The molecule has 0 fully saturated rings.